The highest BCUT2D eigenvalue weighted by Gasteiger charge is 2.25. The average molecular weight is 449 g/mol. The van der Waals surface area contributed by atoms with Crippen molar-refractivity contribution in [2.24, 2.45) is 5.73 Å². The Morgan fingerprint density at radius 2 is 1.82 bits per heavy atom. The van der Waals surface area contributed by atoms with E-state index in [1.54, 1.807) is 0 Å². The molecule has 0 saturated carbocycles. The molecule has 0 aliphatic heterocycles. The van der Waals surface area contributed by atoms with Gasteiger partial charge in [0.1, 0.15) is 27.7 Å². The van der Waals surface area contributed by atoms with Gasteiger partial charge in [-0.25, -0.2) is 26.6 Å². The van der Waals surface area contributed by atoms with Crippen LogP contribution in [0.5, 0.6) is 0 Å². The minimum atomic E-state index is -4.29. The van der Waals surface area contributed by atoms with Crippen LogP contribution >= 0.6 is 22.9 Å². The molecule has 12 heteroatoms. The molecule has 3 rings (SSSR count). The lowest BCUT2D eigenvalue weighted by Gasteiger charge is -2.19. The quantitative estimate of drug-likeness (QED) is 0.493. The van der Waals surface area contributed by atoms with Gasteiger partial charge in [-0.05, 0) is 24.3 Å². The van der Waals surface area contributed by atoms with Crippen LogP contribution in [0.4, 0.5) is 24.7 Å². The number of thiazole rings is 1. The fourth-order valence-electron chi connectivity index (χ4n) is 2.35. The zero-order valence-electron chi connectivity index (χ0n) is 13.8. The molecule has 0 aliphatic carbocycles. The monoisotopic (exact) mass is 448 g/mol. The molecular weight excluding hydrogens is 437 g/mol. The second-order valence-electron chi connectivity index (χ2n) is 5.48. The van der Waals surface area contributed by atoms with E-state index in [-0.39, 0.29) is 11.5 Å². The molecule has 0 amide bonds. The van der Waals surface area contributed by atoms with Crippen molar-refractivity contribution in [1.82, 2.24) is 4.98 Å². The maximum absolute atomic E-state index is 14.6. The van der Waals surface area contributed by atoms with Crippen molar-refractivity contribution in [3.05, 3.63) is 69.3 Å². The molecule has 1 aromatic heterocycles. The number of hydrogen-bond acceptors (Lipinski definition) is 6. The summed E-state index contributed by atoms with van der Waals surface area (Å²) in [5.74, 6) is -3.03. The fourth-order valence-corrected chi connectivity index (χ4v) is 4.27. The first-order valence-electron chi connectivity index (χ1n) is 7.55. The molecule has 1 heterocycles. The highest BCUT2D eigenvalue weighted by molar-refractivity contribution is 7.92. The zero-order valence-corrected chi connectivity index (χ0v) is 16.2. The van der Waals surface area contributed by atoms with Crippen molar-refractivity contribution >= 4 is 44.5 Å². The number of benzene rings is 2. The van der Waals surface area contributed by atoms with Crippen LogP contribution in [0, 0.1) is 17.5 Å². The number of nitrogens with zero attached hydrogens (tertiary/aromatic N) is 1. The molecule has 4 N–H and O–H groups in total. The van der Waals surface area contributed by atoms with Gasteiger partial charge in [0.25, 0.3) is 10.0 Å². The van der Waals surface area contributed by atoms with Crippen LogP contribution < -0.4 is 15.8 Å². The van der Waals surface area contributed by atoms with Gasteiger partial charge in [0, 0.05) is 5.38 Å². The van der Waals surface area contributed by atoms with Gasteiger partial charge < -0.3 is 11.1 Å². The Labute approximate surface area is 167 Å². The maximum Gasteiger partial charge on any atom is 0.266 e. The Morgan fingerprint density at radius 1 is 1.14 bits per heavy atom. The van der Waals surface area contributed by atoms with Crippen molar-refractivity contribution in [2.75, 3.05) is 10.0 Å². The highest BCUT2D eigenvalue weighted by Crippen LogP contribution is 2.32. The first kappa shape index (κ1) is 20.4. The second kappa shape index (κ2) is 7.95. The molecule has 6 nitrogen and oxygen atoms in total. The predicted octanol–water partition coefficient (Wildman–Crippen LogP) is 4.08. The molecule has 0 bridgehead atoms. The van der Waals surface area contributed by atoms with Gasteiger partial charge in [-0.15, -0.1) is 11.3 Å². The van der Waals surface area contributed by atoms with E-state index in [2.05, 4.69) is 15.0 Å². The molecule has 0 spiro atoms. The molecule has 0 aliphatic rings. The van der Waals surface area contributed by atoms with Crippen molar-refractivity contribution < 1.29 is 21.6 Å². The molecule has 148 valence electrons. The Kier molecular flexibility index (Phi) is 5.79. The van der Waals surface area contributed by atoms with E-state index >= 15 is 0 Å². The lowest BCUT2D eigenvalue weighted by atomic mass is 10.1. The van der Waals surface area contributed by atoms with Gasteiger partial charge in [0.15, 0.2) is 11.6 Å². The number of hydrogen-bond donors (Lipinski definition) is 3. The minimum absolute atomic E-state index is 0.0276. The van der Waals surface area contributed by atoms with Crippen molar-refractivity contribution in [3.63, 3.8) is 0 Å². The highest BCUT2D eigenvalue weighted by atomic mass is 35.5. The molecule has 0 fully saturated rings. The smallest absolute Gasteiger partial charge is 0.266 e. The van der Waals surface area contributed by atoms with E-state index in [1.165, 1.54) is 17.0 Å². The third-order valence-electron chi connectivity index (χ3n) is 3.63. The van der Waals surface area contributed by atoms with Gasteiger partial charge in [-0.3, -0.25) is 4.72 Å². The summed E-state index contributed by atoms with van der Waals surface area (Å²) in [5, 5.41) is 3.30. The topological polar surface area (TPSA) is 97.1 Å². The largest absolute Gasteiger partial charge is 0.365 e. The van der Waals surface area contributed by atoms with Crippen molar-refractivity contribution in [3.8, 4) is 0 Å². The Morgan fingerprint density at radius 3 is 2.43 bits per heavy atom. The summed E-state index contributed by atoms with van der Waals surface area (Å²) in [5.41, 5.74) is 6.54. The van der Waals surface area contributed by atoms with Crippen LogP contribution in [0.25, 0.3) is 0 Å². The van der Waals surface area contributed by atoms with E-state index in [0.29, 0.717) is 0 Å². The second-order valence-corrected chi connectivity index (χ2v) is 8.22. The zero-order chi connectivity index (χ0) is 20.5. The third kappa shape index (κ3) is 4.07. The molecule has 1 atom stereocenters. The fraction of sp³-hybridized carbons (Fsp3) is 0.0625. The van der Waals surface area contributed by atoms with Gasteiger partial charge in [0.05, 0.1) is 16.8 Å². The summed E-state index contributed by atoms with van der Waals surface area (Å²) in [6.07, 6.45) is -1.39. The third-order valence-corrected chi connectivity index (χ3v) is 5.96. The standard InChI is InChI=1S/C16H12ClF3N4O2S2/c17-14-10(23-16(21)13-8(18)2-1-3-9(13)19)4-5-11(15(14)20)28(25,26)24-12-6-27-7-22-12/h1-7,16,23-24H,21H2/t16-/m1/s1. The summed E-state index contributed by atoms with van der Waals surface area (Å²) in [6.45, 7) is 0. The lowest BCUT2D eigenvalue weighted by molar-refractivity contribution is 0.539. The van der Waals surface area contributed by atoms with Crippen LogP contribution in [0.2, 0.25) is 5.02 Å². The predicted molar refractivity (Wildman–Crippen MR) is 101 cm³/mol. The molecular formula is C16H12ClF3N4O2S2. The summed E-state index contributed by atoms with van der Waals surface area (Å²) in [7, 11) is -4.29. The van der Waals surface area contributed by atoms with Crippen LogP contribution in [-0.4, -0.2) is 13.4 Å². The molecule has 0 saturated heterocycles. The molecule has 3 aromatic rings. The van der Waals surface area contributed by atoms with Gasteiger partial charge in [-0.1, -0.05) is 17.7 Å². The molecule has 2 aromatic carbocycles. The maximum atomic E-state index is 14.6. The van der Waals surface area contributed by atoms with Gasteiger partial charge in [0.2, 0.25) is 0 Å². The summed E-state index contributed by atoms with van der Waals surface area (Å²) < 4.78 is 69.0. The van der Waals surface area contributed by atoms with E-state index in [0.717, 1.165) is 35.6 Å². The van der Waals surface area contributed by atoms with Crippen LogP contribution in [0.15, 0.2) is 46.1 Å². The van der Waals surface area contributed by atoms with E-state index < -0.39 is 49.1 Å². The summed E-state index contributed by atoms with van der Waals surface area (Å²) >= 11 is 7.06. The van der Waals surface area contributed by atoms with E-state index in [1.807, 2.05) is 0 Å². The molecule has 0 radical (unpaired) electrons. The van der Waals surface area contributed by atoms with Gasteiger partial charge in [-0.2, -0.15) is 0 Å². The van der Waals surface area contributed by atoms with Crippen LogP contribution in [0.3, 0.4) is 0 Å². The number of nitrogens with one attached hydrogen (secondary N) is 2. The Bertz CT molecular complexity index is 1090. The number of nitrogens with two attached hydrogens (primary N) is 1. The number of rotatable bonds is 6. The Balaban J connectivity index is 1.90. The average Bonchev–Trinajstić information content (AvgIpc) is 3.11. The number of sulfonamides is 1. The van der Waals surface area contributed by atoms with E-state index in [9.17, 15) is 21.6 Å². The normalized spacial score (nSPS) is 12.6. The number of aromatic nitrogens is 1. The van der Waals surface area contributed by atoms with E-state index in [4.69, 9.17) is 17.3 Å². The van der Waals surface area contributed by atoms with Crippen LogP contribution in [-0.2, 0) is 10.0 Å². The lowest BCUT2D eigenvalue weighted by Crippen LogP contribution is -2.23. The Hall–Kier alpha value is -2.34. The van der Waals surface area contributed by atoms with Crippen LogP contribution in [0.1, 0.15) is 11.7 Å². The number of anilines is 2. The first-order valence-corrected chi connectivity index (χ1v) is 10.4. The minimum Gasteiger partial charge on any atom is -0.365 e. The van der Waals surface area contributed by atoms with Crippen molar-refractivity contribution in [1.29, 1.82) is 0 Å². The summed E-state index contributed by atoms with van der Waals surface area (Å²) in [4.78, 5) is 3.04. The molecule has 28 heavy (non-hydrogen) atoms. The van der Waals surface area contributed by atoms with Crippen molar-refractivity contribution in [2.45, 2.75) is 11.1 Å². The number of halogens is 4. The SMILES string of the molecule is N[C@H](Nc1ccc(S(=O)(=O)Nc2cscn2)c(F)c1Cl)c1c(F)cccc1F. The summed E-state index contributed by atoms with van der Waals surface area (Å²) in [6, 6.07) is 5.29. The first-order chi connectivity index (χ1) is 13.2. The van der Waals surface area contributed by atoms with Gasteiger partial charge >= 0.3 is 0 Å². The molecule has 0 unspecified atom stereocenters.